The molecule has 35 heavy (non-hydrogen) atoms. The molecule has 2 unspecified atom stereocenters. The van der Waals surface area contributed by atoms with Gasteiger partial charge in [0.05, 0.1) is 34.7 Å². The summed E-state index contributed by atoms with van der Waals surface area (Å²) in [6.45, 7) is 12.8. The highest BCUT2D eigenvalue weighted by Gasteiger charge is 2.47. The van der Waals surface area contributed by atoms with E-state index < -0.39 is 35.6 Å². The van der Waals surface area contributed by atoms with E-state index >= 15 is 0 Å². The Kier molecular flexibility index (Phi) is 8.73. The number of nitrogens with zero attached hydrogens (tertiary/aromatic N) is 1. The van der Waals surface area contributed by atoms with Crippen molar-refractivity contribution < 1.29 is 24.5 Å². The van der Waals surface area contributed by atoms with Gasteiger partial charge in [-0.25, -0.2) is 4.98 Å². The van der Waals surface area contributed by atoms with Crippen LogP contribution in [0.25, 0.3) is 6.08 Å². The minimum Gasteiger partial charge on any atom is -0.457 e. The van der Waals surface area contributed by atoms with Crippen LogP contribution in [0.1, 0.15) is 71.5 Å². The fourth-order valence-corrected chi connectivity index (χ4v) is 5.50. The number of hydrogen-bond acceptors (Lipinski definition) is 8. The zero-order chi connectivity index (χ0) is 26.1. The number of carbonyl (C=O) groups excluding carboxylic acids is 2. The van der Waals surface area contributed by atoms with Crippen molar-refractivity contribution in [3.05, 3.63) is 33.3 Å². The molecule has 1 fully saturated rings. The number of fused-ring (bicyclic) bond motifs is 1. The summed E-state index contributed by atoms with van der Waals surface area (Å²) in [6, 6.07) is 0.369. The Labute approximate surface area is 212 Å². The molecule has 1 aromatic rings. The van der Waals surface area contributed by atoms with Crippen LogP contribution in [-0.2, 0) is 14.3 Å². The van der Waals surface area contributed by atoms with Gasteiger partial charge in [0.2, 0.25) is 0 Å². The van der Waals surface area contributed by atoms with Gasteiger partial charge in [-0.3, -0.25) is 9.59 Å². The number of carbonyl (C=O) groups is 2. The van der Waals surface area contributed by atoms with E-state index in [1.807, 2.05) is 32.2 Å². The maximum atomic E-state index is 13.3. The highest BCUT2D eigenvalue weighted by molar-refractivity contribution is 7.09. The molecule has 3 heterocycles. The zero-order valence-electron chi connectivity index (χ0n) is 21.9. The SMILES string of the molecule is C/C1=C/C[C@H](/C(C)=C/c2csc(C)n2)OC(=O)C[C@H](O)C(C)(C)C(=O)[C@H](C)[C@@H](O)[C@@H](C)C2NC2C1. The molecule has 3 N–H and O–H groups in total. The largest absolute Gasteiger partial charge is 0.457 e. The van der Waals surface area contributed by atoms with E-state index in [4.69, 9.17) is 4.74 Å². The average Bonchev–Trinajstić information content (AvgIpc) is 3.43. The number of rotatable bonds is 2. The smallest absolute Gasteiger partial charge is 0.309 e. The minimum absolute atomic E-state index is 0.114. The topological polar surface area (TPSA) is 119 Å². The number of ketones is 1. The molecule has 1 aromatic heterocycles. The van der Waals surface area contributed by atoms with Gasteiger partial charge in [0, 0.05) is 29.8 Å². The lowest BCUT2D eigenvalue weighted by molar-refractivity contribution is -0.154. The van der Waals surface area contributed by atoms with Gasteiger partial charge >= 0.3 is 5.97 Å². The molecule has 0 amide bonds. The molecular weight excluding hydrogens is 464 g/mol. The number of hydrogen-bond donors (Lipinski definition) is 3. The van der Waals surface area contributed by atoms with Gasteiger partial charge in [0.15, 0.2) is 0 Å². The Morgan fingerprint density at radius 1 is 1.23 bits per heavy atom. The van der Waals surface area contributed by atoms with E-state index in [0.29, 0.717) is 6.42 Å². The number of esters is 1. The van der Waals surface area contributed by atoms with Crippen LogP contribution in [0.4, 0.5) is 0 Å². The number of aliphatic hydroxyl groups excluding tert-OH is 2. The number of ether oxygens (including phenoxy) is 1. The molecule has 0 bridgehead atoms. The van der Waals surface area contributed by atoms with Crippen LogP contribution in [0.15, 0.2) is 22.6 Å². The zero-order valence-corrected chi connectivity index (χ0v) is 22.7. The molecule has 0 aliphatic carbocycles. The predicted molar refractivity (Wildman–Crippen MR) is 138 cm³/mol. The fourth-order valence-electron chi connectivity index (χ4n) is 4.93. The first kappa shape index (κ1) is 27.7. The van der Waals surface area contributed by atoms with E-state index in [2.05, 4.69) is 23.3 Å². The number of aromatic nitrogens is 1. The van der Waals surface area contributed by atoms with Crippen LogP contribution in [0, 0.1) is 24.2 Å². The van der Waals surface area contributed by atoms with Crippen LogP contribution >= 0.6 is 11.3 Å². The molecule has 194 valence electrons. The third-order valence-corrected chi connectivity index (χ3v) is 8.40. The first-order valence-corrected chi connectivity index (χ1v) is 13.3. The van der Waals surface area contributed by atoms with Crippen molar-refractivity contribution in [3.8, 4) is 0 Å². The van der Waals surface area contributed by atoms with Crippen molar-refractivity contribution in [3.63, 3.8) is 0 Å². The molecule has 2 aliphatic heterocycles. The van der Waals surface area contributed by atoms with Gasteiger partial charge < -0.3 is 20.3 Å². The monoisotopic (exact) mass is 504 g/mol. The average molecular weight is 505 g/mol. The number of Topliss-reactive ketones (excluding diaryl/α,β-unsaturated/α-hetero) is 1. The predicted octanol–water partition coefficient (Wildman–Crippen LogP) is 3.83. The van der Waals surface area contributed by atoms with E-state index in [1.54, 1.807) is 32.1 Å². The lowest BCUT2D eigenvalue weighted by Gasteiger charge is -2.34. The molecule has 0 radical (unpaired) electrons. The lowest BCUT2D eigenvalue weighted by Crippen LogP contribution is -2.46. The van der Waals surface area contributed by atoms with Crippen molar-refractivity contribution in [1.82, 2.24) is 10.3 Å². The normalized spacial score (nSPS) is 36.7. The maximum absolute atomic E-state index is 13.3. The summed E-state index contributed by atoms with van der Waals surface area (Å²) < 4.78 is 5.83. The van der Waals surface area contributed by atoms with Gasteiger partial charge in [0.1, 0.15) is 11.9 Å². The molecule has 0 spiro atoms. The third kappa shape index (κ3) is 6.67. The Balaban J connectivity index is 1.89. The van der Waals surface area contributed by atoms with Gasteiger partial charge in [-0.05, 0) is 44.8 Å². The number of aliphatic hydroxyl groups is 2. The Morgan fingerprint density at radius 2 is 1.91 bits per heavy atom. The highest BCUT2D eigenvalue weighted by atomic mass is 32.1. The van der Waals surface area contributed by atoms with Crippen LogP contribution in [0.2, 0.25) is 0 Å². The summed E-state index contributed by atoms with van der Waals surface area (Å²) >= 11 is 1.56. The fraction of sp³-hybridized carbons (Fsp3) is 0.667. The third-order valence-electron chi connectivity index (χ3n) is 7.61. The molecule has 3 rings (SSSR count). The molecule has 1 saturated heterocycles. The van der Waals surface area contributed by atoms with Crippen molar-refractivity contribution in [2.24, 2.45) is 17.3 Å². The van der Waals surface area contributed by atoms with Crippen LogP contribution in [0.3, 0.4) is 0 Å². The summed E-state index contributed by atoms with van der Waals surface area (Å²) in [6.07, 6.45) is 2.49. The van der Waals surface area contributed by atoms with Crippen LogP contribution in [0.5, 0.6) is 0 Å². The maximum Gasteiger partial charge on any atom is 0.309 e. The van der Waals surface area contributed by atoms with E-state index in [0.717, 1.165) is 22.7 Å². The van der Waals surface area contributed by atoms with Gasteiger partial charge in [-0.2, -0.15) is 0 Å². The van der Waals surface area contributed by atoms with E-state index in [9.17, 15) is 19.8 Å². The van der Waals surface area contributed by atoms with Gasteiger partial charge in [-0.1, -0.05) is 39.3 Å². The second-order valence-electron chi connectivity index (χ2n) is 10.9. The van der Waals surface area contributed by atoms with Crippen molar-refractivity contribution in [1.29, 1.82) is 0 Å². The molecule has 7 atom stereocenters. The quantitative estimate of drug-likeness (QED) is 0.318. The van der Waals surface area contributed by atoms with Crippen LogP contribution in [-0.4, -0.2) is 57.3 Å². The Hall–Kier alpha value is -1.87. The molecule has 8 heteroatoms. The lowest BCUT2D eigenvalue weighted by atomic mass is 9.73. The summed E-state index contributed by atoms with van der Waals surface area (Å²) in [7, 11) is 0. The Morgan fingerprint density at radius 3 is 2.54 bits per heavy atom. The van der Waals surface area contributed by atoms with E-state index in [-0.39, 0.29) is 30.2 Å². The molecule has 7 nitrogen and oxygen atoms in total. The summed E-state index contributed by atoms with van der Waals surface area (Å²) in [5.41, 5.74) is 1.66. The van der Waals surface area contributed by atoms with Gasteiger partial charge in [0.25, 0.3) is 0 Å². The minimum atomic E-state index is -1.23. The number of thiazole rings is 1. The number of aryl methyl sites for hydroxylation is 1. The highest BCUT2D eigenvalue weighted by Crippen LogP contribution is 2.35. The van der Waals surface area contributed by atoms with Gasteiger partial charge in [-0.15, -0.1) is 11.3 Å². The standard InChI is InChI=1S/C27H40N2O5S/c1-14-8-9-21(15(2)11-19-13-35-18(5)28-19)34-23(31)12-22(30)27(6,7)26(33)17(4)25(32)16(3)24-20(10-14)29-24/h8,11,13,16-17,20-22,24-25,29-30,32H,9-10,12H2,1-7H3/b14-8-,15-11+/t16-,17+,20?,21+,22-,24?,25-/m0/s1. The van der Waals surface area contributed by atoms with E-state index in [1.165, 1.54) is 5.57 Å². The molecule has 0 saturated carbocycles. The molecular formula is C27H40N2O5S. The van der Waals surface area contributed by atoms with Crippen molar-refractivity contribution in [2.75, 3.05) is 0 Å². The summed E-state index contributed by atoms with van der Waals surface area (Å²) in [5, 5.41) is 28.2. The first-order valence-electron chi connectivity index (χ1n) is 12.4. The van der Waals surface area contributed by atoms with Crippen LogP contribution < -0.4 is 5.32 Å². The second-order valence-corrected chi connectivity index (χ2v) is 12.0. The number of cyclic esters (lactones) is 1. The first-order chi connectivity index (χ1) is 16.3. The Bertz CT molecular complexity index is 997. The molecule has 2 aliphatic rings. The molecule has 0 aromatic carbocycles. The van der Waals surface area contributed by atoms with Crippen molar-refractivity contribution in [2.45, 2.75) is 98.1 Å². The van der Waals surface area contributed by atoms with Crippen molar-refractivity contribution >= 4 is 29.2 Å². The number of nitrogens with one attached hydrogen (secondary N) is 1. The second kappa shape index (κ2) is 11.0. The summed E-state index contributed by atoms with van der Waals surface area (Å²) in [4.78, 5) is 30.6. The summed E-state index contributed by atoms with van der Waals surface area (Å²) in [5.74, 6) is -1.60.